The standard InChI is InChI=1S/C14H9BrClN3O/c15-10-3-1-2-9(13(10)16)14(20)19-12-5-4-8(7-17)6-11(12)18/h1-6H,18H2,(H,19,20). The lowest BCUT2D eigenvalue weighted by Gasteiger charge is -2.10. The van der Waals surface area contributed by atoms with Gasteiger partial charge in [0.05, 0.1) is 33.6 Å². The molecule has 1 amide bonds. The van der Waals surface area contributed by atoms with Crippen LogP contribution in [0.3, 0.4) is 0 Å². The Kier molecular flexibility index (Phi) is 4.28. The van der Waals surface area contributed by atoms with Crippen molar-refractivity contribution in [1.82, 2.24) is 0 Å². The maximum atomic E-state index is 12.2. The second kappa shape index (κ2) is 5.95. The quantitative estimate of drug-likeness (QED) is 0.808. The summed E-state index contributed by atoms with van der Waals surface area (Å²) < 4.78 is 0.639. The number of rotatable bonds is 2. The fraction of sp³-hybridized carbons (Fsp3) is 0. The van der Waals surface area contributed by atoms with Gasteiger partial charge in [-0.2, -0.15) is 5.26 Å². The molecule has 0 aliphatic heterocycles. The molecule has 3 N–H and O–H groups in total. The van der Waals surface area contributed by atoms with E-state index in [0.717, 1.165) is 0 Å². The average molecular weight is 351 g/mol. The van der Waals surface area contributed by atoms with E-state index in [9.17, 15) is 4.79 Å². The molecule has 0 spiro atoms. The summed E-state index contributed by atoms with van der Waals surface area (Å²) in [5.41, 5.74) is 7.31. The molecular weight excluding hydrogens is 342 g/mol. The van der Waals surface area contributed by atoms with Crippen LogP contribution in [0.15, 0.2) is 40.9 Å². The first kappa shape index (κ1) is 14.4. The summed E-state index contributed by atoms with van der Waals surface area (Å²) in [7, 11) is 0. The van der Waals surface area contributed by atoms with E-state index in [2.05, 4.69) is 21.2 Å². The molecule has 6 heteroatoms. The summed E-state index contributed by atoms with van der Waals surface area (Å²) in [5, 5.41) is 11.8. The van der Waals surface area contributed by atoms with E-state index in [1.807, 2.05) is 6.07 Å². The number of halogens is 2. The zero-order valence-electron chi connectivity index (χ0n) is 10.2. The molecule has 0 heterocycles. The summed E-state index contributed by atoms with van der Waals surface area (Å²) >= 11 is 9.32. The van der Waals surface area contributed by atoms with Crippen LogP contribution in [0.1, 0.15) is 15.9 Å². The smallest absolute Gasteiger partial charge is 0.257 e. The molecule has 0 saturated heterocycles. The highest BCUT2D eigenvalue weighted by molar-refractivity contribution is 9.10. The minimum absolute atomic E-state index is 0.323. The number of carbonyl (C=O) groups excluding carboxylic acids is 1. The van der Waals surface area contributed by atoms with Crippen LogP contribution in [0, 0.1) is 11.3 Å². The van der Waals surface area contributed by atoms with Crippen LogP contribution in [0.25, 0.3) is 0 Å². The van der Waals surface area contributed by atoms with Crippen LogP contribution >= 0.6 is 27.5 Å². The number of amides is 1. The third-order valence-corrected chi connectivity index (χ3v) is 3.92. The first-order valence-electron chi connectivity index (χ1n) is 5.58. The zero-order chi connectivity index (χ0) is 14.7. The van der Waals surface area contributed by atoms with Gasteiger partial charge in [-0.25, -0.2) is 0 Å². The zero-order valence-corrected chi connectivity index (χ0v) is 12.5. The number of anilines is 2. The maximum absolute atomic E-state index is 12.2. The van der Waals surface area contributed by atoms with Crippen molar-refractivity contribution in [1.29, 1.82) is 5.26 Å². The Labute approximate surface area is 129 Å². The van der Waals surface area contributed by atoms with Crippen LogP contribution in [0.4, 0.5) is 11.4 Å². The molecule has 0 atom stereocenters. The van der Waals surface area contributed by atoms with Crippen molar-refractivity contribution in [3.05, 3.63) is 57.0 Å². The lowest BCUT2D eigenvalue weighted by molar-refractivity contribution is 0.102. The summed E-state index contributed by atoms with van der Waals surface area (Å²) in [6.45, 7) is 0. The molecule has 0 radical (unpaired) electrons. The highest BCUT2D eigenvalue weighted by Crippen LogP contribution is 2.27. The predicted octanol–water partition coefficient (Wildman–Crippen LogP) is 3.81. The normalized spacial score (nSPS) is 9.85. The van der Waals surface area contributed by atoms with Crippen LogP contribution in [0.5, 0.6) is 0 Å². The summed E-state index contributed by atoms with van der Waals surface area (Å²) in [6, 6.07) is 11.7. The molecule has 0 aliphatic carbocycles. The van der Waals surface area contributed by atoms with Crippen LogP contribution < -0.4 is 11.1 Å². The van der Waals surface area contributed by atoms with Gasteiger partial charge in [-0.05, 0) is 46.3 Å². The molecule has 0 unspecified atom stereocenters. The topological polar surface area (TPSA) is 78.9 Å². The molecule has 4 nitrogen and oxygen atoms in total. The predicted molar refractivity (Wildman–Crippen MR) is 82.7 cm³/mol. The van der Waals surface area contributed by atoms with E-state index < -0.39 is 0 Å². The molecule has 20 heavy (non-hydrogen) atoms. The molecule has 0 aromatic heterocycles. The molecule has 2 rings (SSSR count). The van der Waals surface area contributed by atoms with E-state index >= 15 is 0 Å². The van der Waals surface area contributed by atoms with Crippen LogP contribution in [-0.2, 0) is 0 Å². The molecule has 2 aromatic rings. The van der Waals surface area contributed by atoms with Crippen molar-refractivity contribution < 1.29 is 4.79 Å². The van der Waals surface area contributed by atoms with E-state index in [4.69, 9.17) is 22.6 Å². The van der Waals surface area contributed by atoms with Crippen LogP contribution in [-0.4, -0.2) is 5.91 Å². The molecule has 0 bridgehead atoms. The maximum Gasteiger partial charge on any atom is 0.257 e. The van der Waals surface area contributed by atoms with Crippen molar-refractivity contribution in [2.24, 2.45) is 0 Å². The van der Waals surface area contributed by atoms with Crippen molar-refractivity contribution >= 4 is 44.8 Å². The van der Waals surface area contributed by atoms with Gasteiger partial charge in [-0.3, -0.25) is 4.79 Å². The number of hydrogen-bond donors (Lipinski definition) is 2. The van der Waals surface area contributed by atoms with Gasteiger partial charge in [0.1, 0.15) is 0 Å². The minimum atomic E-state index is -0.368. The number of nitrogen functional groups attached to an aromatic ring is 1. The van der Waals surface area contributed by atoms with Crippen molar-refractivity contribution in [3.63, 3.8) is 0 Å². The second-order valence-electron chi connectivity index (χ2n) is 3.97. The van der Waals surface area contributed by atoms with Gasteiger partial charge < -0.3 is 11.1 Å². The Balaban J connectivity index is 2.29. The second-order valence-corrected chi connectivity index (χ2v) is 5.20. The van der Waals surface area contributed by atoms with E-state index in [0.29, 0.717) is 32.0 Å². The SMILES string of the molecule is N#Cc1ccc(NC(=O)c2cccc(Br)c2Cl)c(N)c1. The molecule has 2 aromatic carbocycles. The van der Waals surface area contributed by atoms with Gasteiger partial charge in [0, 0.05) is 4.47 Å². The third-order valence-electron chi connectivity index (χ3n) is 2.63. The Morgan fingerprint density at radius 1 is 1.35 bits per heavy atom. The molecule has 0 fully saturated rings. The Morgan fingerprint density at radius 2 is 2.10 bits per heavy atom. The number of carbonyl (C=O) groups is 1. The molecule has 0 saturated carbocycles. The number of nitrogens with zero attached hydrogens (tertiary/aromatic N) is 1. The summed E-state index contributed by atoms with van der Waals surface area (Å²) in [5.74, 6) is -0.368. The Hall–Kier alpha value is -2.03. The average Bonchev–Trinajstić information content (AvgIpc) is 2.44. The number of hydrogen-bond acceptors (Lipinski definition) is 3. The van der Waals surface area contributed by atoms with E-state index in [1.165, 1.54) is 6.07 Å². The Bertz CT molecular complexity index is 725. The largest absolute Gasteiger partial charge is 0.397 e. The minimum Gasteiger partial charge on any atom is -0.397 e. The fourth-order valence-corrected chi connectivity index (χ4v) is 2.19. The van der Waals surface area contributed by atoms with Crippen molar-refractivity contribution in [2.45, 2.75) is 0 Å². The van der Waals surface area contributed by atoms with Crippen molar-refractivity contribution in [3.8, 4) is 6.07 Å². The van der Waals surface area contributed by atoms with Gasteiger partial charge in [-0.15, -0.1) is 0 Å². The van der Waals surface area contributed by atoms with Crippen LogP contribution in [0.2, 0.25) is 5.02 Å². The lowest BCUT2D eigenvalue weighted by atomic mass is 10.1. The fourth-order valence-electron chi connectivity index (χ4n) is 1.61. The Morgan fingerprint density at radius 3 is 2.75 bits per heavy atom. The monoisotopic (exact) mass is 349 g/mol. The van der Waals surface area contributed by atoms with Gasteiger partial charge in [0.2, 0.25) is 0 Å². The van der Waals surface area contributed by atoms with Crippen molar-refractivity contribution in [2.75, 3.05) is 11.1 Å². The van der Waals surface area contributed by atoms with E-state index in [-0.39, 0.29) is 5.91 Å². The van der Waals surface area contributed by atoms with Gasteiger partial charge in [0.15, 0.2) is 0 Å². The van der Waals surface area contributed by atoms with Gasteiger partial charge in [-0.1, -0.05) is 17.7 Å². The van der Waals surface area contributed by atoms with Gasteiger partial charge in [0.25, 0.3) is 5.91 Å². The van der Waals surface area contributed by atoms with Gasteiger partial charge >= 0.3 is 0 Å². The molecule has 0 aliphatic rings. The number of nitrogens with one attached hydrogen (secondary N) is 1. The lowest BCUT2D eigenvalue weighted by Crippen LogP contribution is -2.13. The number of nitrogens with two attached hydrogens (primary N) is 1. The first-order valence-corrected chi connectivity index (χ1v) is 6.75. The number of benzene rings is 2. The third kappa shape index (κ3) is 2.93. The first-order chi connectivity index (χ1) is 9.52. The van der Waals surface area contributed by atoms with E-state index in [1.54, 1.807) is 30.3 Å². The number of nitriles is 1. The highest BCUT2D eigenvalue weighted by Gasteiger charge is 2.13. The molecular formula is C14H9BrClN3O. The molecule has 100 valence electrons. The summed E-state index contributed by atoms with van der Waals surface area (Å²) in [4.78, 5) is 12.2. The summed E-state index contributed by atoms with van der Waals surface area (Å²) in [6.07, 6.45) is 0. The highest BCUT2D eigenvalue weighted by atomic mass is 79.9.